The van der Waals surface area contributed by atoms with Crippen LogP contribution in [0.3, 0.4) is 0 Å². The van der Waals surface area contributed by atoms with E-state index in [1.807, 2.05) is 54.6 Å². The molecule has 1 aliphatic heterocycles. The van der Waals surface area contributed by atoms with E-state index in [0.29, 0.717) is 5.02 Å². The predicted molar refractivity (Wildman–Crippen MR) is 121 cm³/mol. The van der Waals surface area contributed by atoms with Crippen molar-refractivity contribution >= 4 is 29.0 Å². The smallest absolute Gasteiger partial charge is 0.228 e. The molecule has 3 aromatic rings. The van der Waals surface area contributed by atoms with Crippen molar-refractivity contribution in [1.82, 2.24) is 15.1 Å². The minimum Gasteiger partial charge on any atom is -0.353 e. The maximum atomic E-state index is 12.4. The number of anilines is 2. The van der Waals surface area contributed by atoms with Gasteiger partial charge in [0.2, 0.25) is 5.91 Å². The van der Waals surface area contributed by atoms with Gasteiger partial charge in [0.25, 0.3) is 0 Å². The Morgan fingerprint density at radius 2 is 1.80 bits per heavy atom. The van der Waals surface area contributed by atoms with Gasteiger partial charge in [-0.2, -0.15) is 0 Å². The lowest BCUT2D eigenvalue weighted by atomic mass is 10.1. The molecule has 6 nitrogen and oxygen atoms in total. The molecule has 0 unspecified atom stereocenters. The third-order valence-corrected chi connectivity index (χ3v) is 5.60. The highest BCUT2D eigenvalue weighted by molar-refractivity contribution is 6.31. The zero-order valence-corrected chi connectivity index (χ0v) is 17.6. The van der Waals surface area contributed by atoms with E-state index in [9.17, 15) is 4.79 Å². The molecule has 7 heteroatoms. The highest BCUT2D eigenvalue weighted by Crippen LogP contribution is 2.23. The third kappa shape index (κ3) is 4.96. The molecular weight excluding hydrogens is 398 g/mol. The quantitative estimate of drug-likeness (QED) is 0.680. The van der Waals surface area contributed by atoms with Crippen LogP contribution in [0.15, 0.2) is 60.7 Å². The van der Waals surface area contributed by atoms with Crippen LogP contribution in [0, 0.1) is 0 Å². The van der Waals surface area contributed by atoms with Crippen LogP contribution in [0.4, 0.5) is 11.5 Å². The summed E-state index contributed by atoms with van der Waals surface area (Å²) in [4.78, 5) is 17.0. The zero-order valence-electron chi connectivity index (χ0n) is 16.9. The number of hydrogen-bond acceptors (Lipinski definition) is 5. The number of halogens is 1. The van der Waals surface area contributed by atoms with Crippen LogP contribution in [-0.2, 0) is 11.2 Å². The van der Waals surface area contributed by atoms with Crippen LogP contribution < -0.4 is 10.2 Å². The average molecular weight is 422 g/mol. The summed E-state index contributed by atoms with van der Waals surface area (Å²) in [6.07, 6.45) is 0.226. The number of likely N-dealkylation sites (N-methyl/N-ethyl adjacent to an activating group) is 1. The van der Waals surface area contributed by atoms with Crippen LogP contribution in [0.5, 0.6) is 0 Å². The van der Waals surface area contributed by atoms with Gasteiger partial charge in [0.15, 0.2) is 5.82 Å². The number of carbonyl (C=O) groups excluding carboxylic acids is 1. The molecule has 1 aliphatic rings. The monoisotopic (exact) mass is 421 g/mol. The molecule has 0 radical (unpaired) electrons. The van der Waals surface area contributed by atoms with E-state index in [2.05, 4.69) is 32.4 Å². The summed E-state index contributed by atoms with van der Waals surface area (Å²) in [7, 11) is 2.13. The Morgan fingerprint density at radius 3 is 2.53 bits per heavy atom. The van der Waals surface area contributed by atoms with Gasteiger partial charge >= 0.3 is 0 Å². The van der Waals surface area contributed by atoms with Gasteiger partial charge in [-0.25, -0.2) is 0 Å². The van der Waals surface area contributed by atoms with Crippen molar-refractivity contribution in [1.29, 1.82) is 0 Å². The maximum Gasteiger partial charge on any atom is 0.228 e. The molecule has 1 amide bonds. The highest BCUT2D eigenvalue weighted by Gasteiger charge is 2.16. The van der Waals surface area contributed by atoms with Gasteiger partial charge in [0, 0.05) is 42.5 Å². The van der Waals surface area contributed by atoms with Crippen molar-refractivity contribution in [3.8, 4) is 11.3 Å². The van der Waals surface area contributed by atoms with E-state index in [0.717, 1.165) is 54.5 Å². The Labute approximate surface area is 181 Å². The van der Waals surface area contributed by atoms with Crippen molar-refractivity contribution in [2.24, 2.45) is 0 Å². The molecule has 4 rings (SSSR count). The van der Waals surface area contributed by atoms with E-state index >= 15 is 0 Å². The molecular formula is C23H24ClN5O. The fourth-order valence-electron chi connectivity index (χ4n) is 3.46. The van der Waals surface area contributed by atoms with E-state index in [1.54, 1.807) is 6.07 Å². The van der Waals surface area contributed by atoms with Crippen LogP contribution in [0.1, 0.15) is 5.56 Å². The fraction of sp³-hybridized carbons (Fsp3) is 0.261. The SMILES string of the molecule is CN1CCN(c2ccc(-c3cccc(NC(=O)Cc4ccccc4Cl)c3)nn2)CC1. The number of benzene rings is 2. The van der Waals surface area contributed by atoms with Gasteiger partial charge in [-0.3, -0.25) is 4.79 Å². The lowest BCUT2D eigenvalue weighted by molar-refractivity contribution is -0.115. The Morgan fingerprint density at radius 1 is 1.00 bits per heavy atom. The van der Waals surface area contributed by atoms with Gasteiger partial charge in [-0.15, -0.1) is 10.2 Å². The van der Waals surface area contributed by atoms with E-state index < -0.39 is 0 Å². The van der Waals surface area contributed by atoms with Crippen LogP contribution in [-0.4, -0.2) is 54.2 Å². The van der Waals surface area contributed by atoms with Gasteiger partial charge in [0.05, 0.1) is 12.1 Å². The lowest BCUT2D eigenvalue weighted by Crippen LogP contribution is -2.44. The van der Waals surface area contributed by atoms with Crippen LogP contribution in [0.2, 0.25) is 5.02 Å². The molecule has 1 saturated heterocycles. The normalized spacial score (nSPS) is 14.5. The third-order valence-electron chi connectivity index (χ3n) is 5.23. The molecule has 1 fully saturated rings. The minimum absolute atomic E-state index is 0.114. The van der Waals surface area contributed by atoms with Crippen molar-refractivity contribution in [3.05, 3.63) is 71.2 Å². The van der Waals surface area contributed by atoms with Crippen molar-refractivity contribution in [2.45, 2.75) is 6.42 Å². The van der Waals surface area contributed by atoms with Crippen molar-refractivity contribution in [2.75, 3.05) is 43.4 Å². The van der Waals surface area contributed by atoms with E-state index in [4.69, 9.17) is 11.6 Å². The Kier molecular flexibility index (Phi) is 6.26. The Bertz CT molecular complexity index is 1020. The van der Waals surface area contributed by atoms with E-state index in [-0.39, 0.29) is 12.3 Å². The molecule has 2 aromatic carbocycles. The number of nitrogens with one attached hydrogen (secondary N) is 1. The lowest BCUT2D eigenvalue weighted by Gasteiger charge is -2.32. The first-order valence-electron chi connectivity index (χ1n) is 9.99. The molecule has 30 heavy (non-hydrogen) atoms. The van der Waals surface area contributed by atoms with Crippen LogP contribution in [0.25, 0.3) is 11.3 Å². The zero-order chi connectivity index (χ0) is 20.9. The van der Waals surface area contributed by atoms with E-state index in [1.165, 1.54) is 0 Å². The number of aromatic nitrogens is 2. The molecule has 154 valence electrons. The van der Waals surface area contributed by atoms with Crippen molar-refractivity contribution in [3.63, 3.8) is 0 Å². The molecule has 0 aliphatic carbocycles. The first-order valence-corrected chi connectivity index (χ1v) is 10.4. The summed E-state index contributed by atoms with van der Waals surface area (Å²) >= 11 is 6.15. The topological polar surface area (TPSA) is 61.4 Å². The second kappa shape index (κ2) is 9.24. The Balaban J connectivity index is 1.43. The second-order valence-corrected chi connectivity index (χ2v) is 7.87. The van der Waals surface area contributed by atoms with Gasteiger partial charge in [-0.05, 0) is 42.9 Å². The molecule has 1 aromatic heterocycles. The average Bonchev–Trinajstić information content (AvgIpc) is 2.76. The number of piperazine rings is 1. The molecule has 2 heterocycles. The van der Waals surface area contributed by atoms with Gasteiger partial charge in [-0.1, -0.05) is 41.9 Å². The summed E-state index contributed by atoms with van der Waals surface area (Å²) in [6, 6.07) is 19.0. The minimum atomic E-state index is -0.114. The fourth-order valence-corrected chi connectivity index (χ4v) is 3.66. The van der Waals surface area contributed by atoms with Crippen molar-refractivity contribution < 1.29 is 4.79 Å². The van der Waals surface area contributed by atoms with Crippen LogP contribution >= 0.6 is 11.6 Å². The number of amides is 1. The Hall–Kier alpha value is -2.96. The standard InChI is InChI=1S/C23H24ClN5O/c1-28-11-13-29(14-12-28)22-10-9-21(26-27-22)18-6-4-7-19(15-18)25-23(30)16-17-5-2-3-8-20(17)24/h2-10,15H,11-14,16H2,1H3,(H,25,30). The molecule has 0 atom stereocenters. The number of nitrogens with zero attached hydrogens (tertiary/aromatic N) is 4. The summed E-state index contributed by atoms with van der Waals surface area (Å²) in [5.41, 5.74) is 3.20. The van der Waals surface area contributed by atoms with Gasteiger partial charge in [0.1, 0.15) is 0 Å². The summed E-state index contributed by atoms with van der Waals surface area (Å²) < 4.78 is 0. The first-order chi connectivity index (χ1) is 14.6. The summed E-state index contributed by atoms with van der Waals surface area (Å²) in [5, 5.41) is 12.4. The molecule has 0 spiro atoms. The number of hydrogen-bond donors (Lipinski definition) is 1. The maximum absolute atomic E-state index is 12.4. The first kappa shape index (κ1) is 20.3. The molecule has 0 bridgehead atoms. The summed E-state index contributed by atoms with van der Waals surface area (Å²) in [5.74, 6) is 0.785. The largest absolute Gasteiger partial charge is 0.353 e. The molecule has 0 saturated carbocycles. The second-order valence-electron chi connectivity index (χ2n) is 7.46. The number of carbonyl (C=O) groups is 1. The number of rotatable bonds is 5. The van der Waals surface area contributed by atoms with Gasteiger partial charge < -0.3 is 15.1 Å². The summed E-state index contributed by atoms with van der Waals surface area (Å²) in [6.45, 7) is 3.97. The predicted octanol–water partition coefficient (Wildman–Crippen LogP) is 3.73. The molecule has 1 N–H and O–H groups in total. The highest BCUT2D eigenvalue weighted by atomic mass is 35.5.